The molecule has 34 heavy (non-hydrogen) atoms. The largest absolute Gasteiger partial charge is 0.416 e. The summed E-state index contributed by atoms with van der Waals surface area (Å²) in [6.07, 6.45) is -4.80. The maximum atomic E-state index is 14.0. The predicted molar refractivity (Wildman–Crippen MR) is 109 cm³/mol. The van der Waals surface area contributed by atoms with Gasteiger partial charge in [0.05, 0.1) is 27.7 Å². The third-order valence-corrected chi connectivity index (χ3v) is 9.88. The Bertz CT molecular complexity index is 1390. The number of hydrogen-bond donors (Lipinski definition) is 2. The Balaban J connectivity index is 2.03. The number of sulfonamides is 1. The van der Waals surface area contributed by atoms with Crippen LogP contribution >= 0.6 is 11.6 Å². The maximum absolute atomic E-state index is 14.0. The summed E-state index contributed by atoms with van der Waals surface area (Å²) in [4.78, 5) is -1.45. The minimum atomic E-state index is -4.80. The van der Waals surface area contributed by atoms with Crippen LogP contribution < -0.4 is 0 Å². The molecule has 15 heteroatoms. The molecular formula is C19H15ClF4N2O6S2. The van der Waals surface area contributed by atoms with Crippen LogP contribution in [0.2, 0.25) is 5.02 Å². The first kappa shape index (κ1) is 26.3. The first-order valence-electron chi connectivity index (χ1n) is 9.21. The van der Waals surface area contributed by atoms with Gasteiger partial charge in [-0.15, -0.1) is 0 Å². The van der Waals surface area contributed by atoms with E-state index in [9.17, 15) is 44.6 Å². The van der Waals surface area contributed by atoms with Crippen LogP contribution in [0.5, 0.6) is 0 Å². The van der Waals surface area contributed by atoms with Crippen molar-refractivity contribution < 1.29 is 44.6 Å². The molecule has 0 bridgehead atoms. The zero-order valence-electron chi connectivity index (χ0n) is 16.8. The SMILES string of the molecule is N#Cc1ccc(S(=O)(=O)[C@H]2CN(S(=O)(=O)c3ccc(C(F)(F)F)cc3Cl)C[C@]2(O)CO)cc1F. The molecule has 184 valence electrons. The van der Waals surface area contributed by atoms with Gasteiger partial charge in [0, 0.05) is 13.1 Å². The van der Waals surface area contributed by atoms with Crippen LogP contribution in [0.4, 0.5) is 17.6 Å². The van der Waals surface area contributed by atoms with Gasteiger partial charge in [-0.25, -0.2) is 21.2 Å². The second-order valence-electron chi connectivity index (χ2n) is 7.49. The van der Waals surface area contributed by atoms with Crippen LogP contribution in [-0.2, 0) is 26.0 Å². The van der Waals surface area contributed by atoms with Gasteiger partial charge in [0.1, 0.15) is 27.6 Å². The normalized spacial score (nSPS) is 22.0. The second kappa shape index (κ2) is 8.74. The molecule has 0 unspecified atom stereocenters. The fourth-order valence-corrected chi connectivity index (χ4v) is 7.59. The van der Waals surface area contributed by atoms with Crippen molar-refractivity contribution in [1.82, 2.24) is 4.31 Å². The van der Waals surface area contributed by atoms with Gasteiger partial charge in [0.25, 0.3) is 0 Å². The van der Waals surface area contributed by atoms with Crippen molar-refractivity contribution in [2.45, 2.75) is 26.8 Å². The highest BCUT2D eigenvalue weighted by atomic mass is 35.5. The van der Waals surface area contributed by atoms with Crippen molar-refractivity contribution in [1.29, 1.82) is 5.26 Å². The number of nitriles is 1. The van der Waals surface area contributed by atoms with E-state index >= 15 is 0 Å². The summed E-state index contributed by atoms with van der Waals surface area (Å²) in [5.41, 5.74) is -4.20. The lowest BCUT2D eigenvalue weighted by molar-refractivity contribution is -0.137. The molecule has 0 aliphatic carbocycles. The summed E-state index contributed by atoms with van der Waals surface area (Å²) in [6.45, 7) is -3.06. The molecule has 0 aromatic heterocycles. The molecule has 1 aliphatic heterocycles. The lowest BCUT2D eigenvalue weighted by Crippen LogP contribution is -2.49. The van der Waals surface area contributed by atoms with Crippen LogP contribution in [0.25, 0.3) is 0 Å². The monoisotopic (exact) mass is 542 g/mol. The molecule has 1 saturated heterocycles. The Morgan fingerprint density at radius 1 is 1.18 bits per heavy atom. The average Bonchev–Trinajstić information content (AvgIpc) is 3.12. The number of aliphatic hydroxyl groups excluding tert-OH is 1. The number of sulfone groups is 1. The third-order valence-electron chi connectivity index (χ3n) is 5.33. The molecule has 1 fully saturated rings. The molecule has 0 spiro atoms. The lowest BCUT2D eigenvalue weighted by Gasteiger charge is -2.26. The van der Waals surface area contributed by atoms with E-state index in [2.05, 4.69) is 0 Å². The molecule has 1 heterocycles. The van der Waals surface area contributed by atoms with Crippen molar-refractivity contribution in [2.75, 3.05) is 19.7 Å². The molecule has 8 nitrogen and oxygen atoms in total. The fraction of sp³-hybridized carbons (Fsp3) is 0.316. The molecular weight excluding hydrogens is 528 g/mol. The zero-order valence-corrected chi connectivity index (χ0v) is 19.2. The van der Waals surface area contributed by atoms with E-state index in [1.165, 1.54) is 6.07 Å². The van der Waals surface area contributed by atoms with Crippen molar-refractivity contribution in [3.63, 3.8) is 0 Å². The predicted octanol–water partition coefficient (Wildman–Crippen LogP) is 1.94. The molecule has 0 amide bonds. The van der Waals surface area contributed by atoms with Crippen LogP contribution in [-0.4, -0.2) is 61.9 Å². The van der Waals surface area contributed by atoms with Gasteiger partial charge in [-0.1, -0.05) is 11.6 Å². The van der Waals surface area contributed by atoms with Gasteiger partial charge in [0.15, 0.2) is 9.84 Å². The highest BCUT2D eigenvalue weighted by molar-refractivity contribution is 7.92. The van der Waals surface area contributed by atoms with Crippen molar-refractivity contribution in [3.8, 4) is 6.07 Å². The molecule has 2 N–H and O–H groups in total. The first-order chi connectivity index (χ1) is 15.6. The zero-order chi connectivity index (χ0) is 25.7. The number of alkyl halides is 3. The number of halogens is 5. The Morgan fingerprint density at radius 3 is 2.32 bits per heavy atom. The summed E-state index contributed by atoms with van der Waals surface area (Å²) in [6, 6.07) is 5.25. The smallest absolute Gasteiger partial charge is 0.393 e. The van der Waals surface area contributed by atoms with Gasteiger partial charge >= 0.3 is 6.18 Å². The maximum Gasteiger partial charge on any atom is 0.416 e. The Morgan fingerprint density at radius 2 is 1.82 bits per heavy atom. The summed E-state index contributed by atoms with van der Waals surface area (Å²) in [5.74, 6) is -1.17. The highest BCUT2D eigenvalue weighted by Crippen LogP contribution is 2.38. The van der Waals surface area contributed by atoms with Crippen LogP contribution in [0.1, 0.15) is 11.1 Å². The lowest BCUT2D eigenvalue weighted by atomic mass is 10.1. The highest BCUT2D eigenvalue weighted by Gasteiger charge is 2.55. The van der Waals surface area contributed by atoms with E-state index in [-0.39, 0.29) is 0 Å². The Labute approximate surface area is 196 Å². The van der Waals surface area contributed by atoms with Crippen LogP contribution in [0.3, 0.4) is 0 Å². The van der Waals surface area contributed by atoms with Crippen LogP contribution in [0.15, 0.2) is 46.2 Å². The standard InChI is InChI=1S/C19H15ClF4N2O6S2/c20-14-5-12(19(22,23)24)2-4-16(14)34(31,32)26-8-17(18(28,9-26)10-27)33(29,30)13-3-1-11(7-25)15(21)6-13/h1-6,17,27-28H,8-10H2/t17-,18-/m0/s1. The molecule has 0 saturated carbocycles. The Hall–Kier alpha value is -2.28. The minimum Gasteiger partial charge on any atom is -0.393 e. The summed E-state index contributed by atoms with van der Waals surface area (Å²) in [5, 5.41) is 26.5. The number of hydrogen-bond acceptors (Lipinski definition) is 7. The van der Waals surface area contributed by atoms with E-state index in [1.54, 1.807) is 0 Å². The molecule has 2 atom stereocenters. The van der Waals surface area contributed by atoms with Gasteiger partial charge < -0.3 is 10.2 Å². The molecule has 2 aromatic rings. The molecule has 1 aliphatic rings. The molecule has 0 radical (unpaired) electrons. The van der Waals surface area contributed by atoms with Gasteiger partial charge in [-0.2, -0.15) is 22.7 Å². The van der Waals surface area contributed by atoms with Crippen molar-refractivity contribution in [2.24, 2.45) is 0 Å². The topological polar surface area (TPSA) is 136 Å². The van der Waals surface area contributed by atoms with E-state index in [4.69, 9.17) is 16.9 Å². The van der Waals surface area contributed by atoms with Gasteiger partial charge in [-0.05, 0) is 36.4 Å². The number of aliphatic hydroxyl groups is 2. The summed E-state index contributed by atoms with van der Waals surface area (Å²) in [7, 11) is -9.39. The van der Waals surface area contributed by atoms with Crippen molar-refractivity contribution in [3.05, 3.63) is 58.4 Å². The Kier molecular flexibility index (Phi) is 6.77. The van der Waals surface area contributed by atoms with Crippen molar-refractivity contribution >= 4 is 31.5 Å². The molecule has 2 aromatic carbocycles. The van der Waals surface area contributed by atoms with Gasteiger partial charge in [0.2, 0.25) is 10.0 Å². The quantitative estimate of drug-likeness (QED) is 0.551. The van der Waals surface area contributed by atoms with Crippen LogP contribution in [0, 0.1) is 17.1 Å². The van der Waals surface area contributed by atoms with E-state index in [0.717, 1.165) is 12.1 Å². The number of nitrogens with zero attached hydrogens (tertiary/aromatic N) is 2. The van der Waals surface area contributed by atoms with E-state index < -0.39 is 88.3 Å². The molecule has 3 rings (SSSR count). The van der Waals surface area contributed by atoms with E-state index in [1.807, 2.05) is 0 Å². The van der Waals surface area contributed by atoms with Gasteiger partial charge in [-0.3, -0.25) is 0 Å². The minimum absolute atomic E-state index is 0.385. The summed E-state index contributed by atoms with van der Waals surface area (Å²) >= 11 is 5.77. The van der Waals surface area contributed by atoms with E-state index in [0.29, 0.717) is 28.6 Å². The number of benzene rings is 2. The fourth-order valence-electron chi connectivity index (χ4n) is 3.50. The number of rotatable bonds is 5. The second-order valence-corrected chi connectivity index (χ2v) is 11.9. The average molecular weight is 543 g/mol. The number of β-amino-alcohol motifs (C(OH)–C–C–N with tert-alkyl or cyclic N) is 1. The third kappa shape index (κ3) is 4.51. The summed E-state index contributed by atoms with van der Waals surface area (Å²) < 4.78 is 105. The first-order valence-corrected chi connectivity index (χ1v) is 12.6.